The molecular formula is C31H51N3O10Si. The number of aliphatic hydroxyl groups excluding tert-OH is 3. The molecule has 3 rings (SSSR count). The van der Waals surface area contributed by atoms with E-state index in [0.29, 0.717) is 38.5 Å². The number of likely N-dealkylation sites (tertiary alicyclic amines) is 3. The van der Waals surface area contributed by atoms with E-state index < -0.39 is 8.32 Å². The zero-order chi connectivity index (χ0) is 33.0. The number of rotatable bonds is 19. The molecule has 0 aromatic rings. The van der Waals surface area contributed by atoms with Crippen molar-refractivity contribution in [1.29, 1.82) is 0 Å². The summed E-state index contributed by atoms with van der Waals surface area (Å²) in [6, 6.07) is 2.30. The second-order valence-electron chi connectivity index (χ2n) is 12.6. The predicted octanol–water partition coefficient (Wildman–Crippen LogP) is 1.19. The SMILES string of the molecule is CO[Si](CCCC1CCC(=O)N(CCO)C1=O)(CCCC1CCC(=O)N(CCO)C1=O)CCCC1CCC(=O)N(CCO)C1=O. The highest BCUT2D eigenvalue weighted by Crippen LogP contribution is 2.35. The van der Waals surface area contributed by atoms with Crippen molar-refractivity contribution in [3.8, 4) is 0 Å². The van der Waals surface area contributed by atoms with E-state index in [1.165, 1.54) is 0 Å². The Balaban J connectivity index is 1.64. The molecule has 3 fully saturated rings. The number of hydrogen-bond acceptors (Lipinski definition) is 10. The van der Waals surface area contributed by atoms with Gasteiger partial charge in [0.2, 0.25) is 35.4 Å². The zero-order valence-electron chi connectivity index (χ0n) is 26.6. The van der Waals surface area contributed by atoms with E-state index in [1.54, 1.807) is 7.11 Å². The molecule has 3 heterocycles. The lowest BCUT2D eigenvalue weighted by Crippen LogP contribution is -2.47. The topological polar surface area (TPSA) is 182 Å². The third kappa shape index (κ3) is 9.74. The molecule has 3 saturated heterocycles. The highest BCUT2D eigenvalue weighted by atomic mass is 28.4. The van der Waals surface area contributed by atoms with Crippen molar-refractivity contribution in [3.63, 3.8) is 0 Å². The minimum absolute atomic E-state index is 0.00730. The van der Waals surface area contributed by atoms with Gasteiger partial charge in [0.1, 0.15) is 0 Å². The Morgan fingerprint density at radius 2 is 0.867 bits per heavy atom. The number of imide groups is 3. The average molecular weight is 654 g/mol. The lowest BCUT2D eigenvalue weighted by molar-refractivity contribution is -0.154. The van der Waals surface area contributed by atoms with E-state index in [-0.39, 0.29) is 112 Å². The van der Waals surface area contributed by atoms with Gasteiger partial charge in [-0.05, 0) is 56.7 Å². The molecule has 0 aliphatic carbocycles. The van der Waals surface area contributed by atoms with Gasteiger partial charge < -0.3 is 19.7 Å². The van der Waals surface area contributed by atoms with Gasteiger partial charge in [-0.15, -0.1) is 0 Å². The van der Waals surface area contributed by atoms with Crippen LogP contribution in [0.5, 0.6) is 0 Å². The monoisotopic (exact) mass is 653 g/mol. The van der Waals surface area contributed by atoms with Gasteiger partial charge in [0, 0.05) is 44.1 Å². The molecule has 45 heavy (non-hydrogen) atoms. The van der Waals surface area contributed by atoms with Crippen LogP contribution < -0.4 is 0 Å². The lowest BCUT2D eigenvalue weighted by atomic mass is 9.92. The van der Waals surface area contributed by atoms with E-state index in [9.17, 15) is 44.1 Å². The molecule has 3 atom stereocenters. The fraction of sp³-hybridized carbons (Fsp3) is 0.806. The molecule has 3 aliphatic heterocycles. The van der Waals surface area contributed by atoms with Crippen molar-refractivity contribution in [2.45, 2.75) is 95.2 Å². The first-order chi connectivity index (χ1) is 21.6. The number of β-amino-alcohol motifs (C(OH)–C–C–N with tert-alkyl or cyclic N) is 3. The van der Waals surface area contributed by atoms with Crippen LogP contribution in [0.25, 0.3) is 0 Å². The number of amides is 6. The number of nitrogens with zero attached hydrogens (tertiary/aromatic N) is 3. The summed E-state index contributed by atoms with van der Waals surface area (Å²) in [7, 11) is -0.713. The van der Waals surface area contributed by atoms with Crippen LogP contribution in [0.2, 0.25) is 18.1 Å². The van der Waals surface area contributed by atoms with E-state index >= 15 is 0 Å². The maximum absolute atomic E-state index is 12.9. The van der Waals surface area contributed by atoms with E-state index in [2.05, 4.69) is 0 Å². The largest absolute Gasteiger partial charge is 0.420 e. The van der Waals surface area contributed by atoms with Crippen LogP contribution in [0, 0.1) is 17.8 Å². The Morgan fingerprint density at radius 3 is 1.11 bits per heavy atom. The van der Waals surface area contributed by atoms with Crippen molar-refractivity contribution in [3.05, 3.63) is 0 Å². The van der Waals surface area contributed by atoms with Gasteiger partial charge in [0.25, 0.3) is 0 Å². The standard InChI is InChI=1S/C31H51N3O10Si/c1-44-45(20-2-5-23-8-11-26(38)32(14-17-35)29(23)41,21-3-6-24-9-12-27(39)33(15-18-36)30(24)42)22-4-7-25-10-13-28(40)34(16-19-37)31(25)43/h23-25,35-37H,2-22H2,1H3. The van der Waals surface area contributed by atoms with Gasteiger partial charge in [-0.2, -0.15) is 0 Å². The number of aliphatic hydroxyl groups is 3. The Hall–Kier alpha value is -2.52. The van der Waals surface area contributed by atoms with Crippen LogP contribution >= 0.6 is 0 Å². The quantitative estimate of drug-likeness (QED) is 0.135. The summed E-state index contributed by atoms with van der Waals surface area (Å²) in [6.07, 6.45) is 6.27. The van der Waals surface area contributed by atoms with Crippen LogP contribution in [0.15, 0.2) is 0 Å². The van der Waals surface area contributed by atoms with Crippen molar-refractivity contribution >= 4 is 43.8 Å². The van der Waals surface area contributed by atoms with Crippen LogP contribution in [-0.4, -0.2) is 120 Å². The minimum atomic E-state index is -2.42. The first kappa shape index (κ1) is 36.9. The predicted molar refractivity (Wildman–Crippen MR) is 164 cm³/mol. The molecule has 254 valence electrons. The molecule has 0 aromatic heterocycles. The first-order valence-electron chi connectivity index (χ1n) is 16.5. The molecule has 0 saturated carbocycles. The summed E-state index contributed by atoms with van der Waals surface area (Å²) in [5.74, 6) is -2.33. The molecule has 0 aromatic carbocycles. The third-order valence-electron chi connectivity index (χ3n) is 9.83. The van der Waals surface area contributed by atoms with Gasteiger partial charge in [0.15, 0.2) is 8.32 Å². The molecule has 3 N–H and O–H groups in total. The highest BCUT2D eigenvalue weighted by molar-refractivity contribution is 6.73. The summed E-state index contributed by atoms with van der Waals surface area (Å²) in [4.78, 5) is 78.8. The van der Waals surface area contributed by atoms with E-state index in [1.807, 2.05) is 0 Å². The normalized spacial score (nSPS) is 24.5. The zero-order valence-corrected chi connectivity index (χ0v) is 27.6. The van der Waals surface area contributed by atoms with Crippen molar-refractivity contribution in [2.75, 3.05) is 46.6 Å². The Morgan fingerprint density at radius 1 is 0.578 bits per heavy atom. The molecule has 6 amide bonds. The van der Waals surface area contributed by atoms with Gasteiger partial charge >= 0.3 is 0 Å². The Labute approximate surface area is 266 Å². The molecule has 3 unspecified atom stereocenters. The van der Waals surface area contributed by atoms with Crippen molar-refractivity contribution < 1.29 is 48.5 Å². The van der Waals surface area contributed by atoms with Crippen LogP contribution in [0.1, 0.15) is 77.0 Å². The van der Waals surface area contributed by atoms with Gasteiger partial charge in [-0.1, -0.05) is 19.3 Å². The molecule has 13 nitrogen and oxygen atoms in total. The fourth-order valence-electron chi connectivity index (χ4n) is 7.20. The maximum Gasteiger partial charge on any atom is 0.232 e. The molecule has 0 bridgehead atoms. The number of carbonyl (C=O) groups is 6. The Bertz CT molecular complexity index is 946. The number of piperidine rings is 3. The summed E-state index contributed by atoms with van der Waals surface area (Å²) < 4.78 is 6.31. The first-order valence-corrected chi connectivity index (χ1v) is 19.0. The highest BCUT2D eigenvalue weighted by Gasteiger charge is 2.39. The number of hydrogen-bond donors (Lipinski definition) is 3. The summed E-state index contributed by atoms with van der Waals surface area (Å²) in [5, 5.41) is 27.9. The molecule has 14 heteroatoms. The van der Waals surface area contributed by atoms with E-state index in [0.717, 1.165) is 52.1 Å². The smallest absolute Gasteiger partial charge is 0.232 e. The lowest BCUT2D eigenvalue weighted by Gasteiger charge is -2.34. The van der Waals surface area contributed by atoms with Gasteiger partial charge in [-0.3, -0.25) is 43.5 Å². The minimum Gasteiger partial charge on any atom is -0.420 e. The molecule has 0 spiro atoms. The second kappa shape index (κ2) is 18.0. The second-order valence-corrected chi connectivity index (χ2v) is 16.9. The molecule has 3 aliphatic rings. The van der Waals surface area contributed by atoms with Crippen LogP contribution in [0.4, 0.5) is 0 Å². The van der Waals surface area contributed by atoms with Crippen LogP contribution in [0.3, 0.4) is 0 Å². The van der Waals surface area contributed by atoms with Gasteiger partial charge in [0.05, 0.1) is 39.5 Å². The van der Waals surface area contributed by atoms with Gasteiger partial charge in [-0.25, -0.2) is 0 Å². The third-order valence-corrected chi connectivity index (χ3v) is 14.5. The van der Waals surface area contributed by atoms with E-state index in [4.69, 9.17) is 4.43 Å². The average Bonchev–Trinajstić information content (AvgIpc) is 3.02. The van der Waals surface area contributed by atoms with Crippen molar-refractivity contribution in [2.24, 2.45) is 17.8 Å². The fourth-order valence-corrected chi connectivity index (χ4v) is 11.1. The molecule has 0 radical (unpaired) electrons. The van der Waals surface area contributed by atoms with Crippen molar-refractivity contribution in [1.82, 2.24) is 14.7 Å². The summed E-state index contributed by atoms with van der Waals surface area (Å²) in [6.45, 7) is -0.785. The summed E-state index contributed by atoms with van der Waals surface area (Å²) in [5.41, 5.74) is 0. The number of carbonyl (C=O) groups excluding carboxylic acids is 6. The van der Waals surface area contributed by atoms with Crippen LogP contribution in [-0.2, 0) is 33.2 Å². The summed E-state index contributed by atoms with van der Waals surface area (Å²) >= 11 is 0. The molecular weight excluding hydrogens is 602 g/mol. The maximum atomic E-state index is 12.9. The Kier molecular flexibility index (Phi) is 14.8.